The minimum Gasteiger partial charge on any atom is -0.471 e. The molecule has 0 saturated heterocycles. The number of nitrogens with one attached hydrogen (secondary N) is 1. The number of alkyl halides is 3. The molecule has 1 aromatic heterocycles. The van der Waals surface area contributed by atoms with Crippen LogP contribution in [0.25, 0.3) is 0 Å². The van der Waals surface area contributed by atoms with Crippen molar-refractivity contribution in [2.75, 3.05) is 5.32 Å². The standard InChI is InChI=1S/C18H13ClF3N3O2/c19-14-5-2-6-16(8-14)27-11-25-10-15(9-23-25)24-17(26)12-3-1-4-13(7-12)18(20,21)22/h1-10H,11H2,(H,24,26). The molecule has 5 nitrogen and oxygen atoms in total. The second-order valence-electron chi connectivity index (χ2n) is 5.53. The third kappa shape index (κ3) is 5.01. The lowest BCUT2D eigenvalue weighted by molar-refractivity contribution is -0.137. The monoisotopic (exact) mass is 395 g/mol. The summed E-state index contributed by atoms with van der Waals surface area (Å²) in [6.07, 6.45) is -1.65. The number of hydrogen-bond acceptors (Lipinski definition) is 3. The van der Waals surface area contributed by atoms with E-state index >= 15 is 0 Å². The van der Waals surface area contributed by atoms with Crippen LogP contribution in [0, 0.1) is 0 Å². The summed E-state index contributed by atoms with van der Waals surface area (Å²) in [6.45, 7) is 0.0692. The molecule has 0 saturated carbocycles. The Kier molecular flexibility index (Phi) is 5.36. The fraction of sp³-hybridized carbons (Fsp3) is 0.111. The van der Waals surface area contributed by atoms with Gasteiger partial charge in [-0.15, -0.1) is 0 Å². The molecule has 1 N–H and O–H groups in total. The van der Waals surface area contributed by atoms with Crippen LogP contribution in [0.2, 0.25) is 5.02 Å². The minimum atomic E-state index is -4.52. The van der Waals surface area contributed by atoms with E-state index in [9.17, 15) is 18.0 Å². The molecule has 2 aromatic carbocycles. The van der Waals surface area contributed by atoms with Crippen molar-refractivity contribution in [1.82, 2.24) is 9.78 Å². The van der Waals surface area contributed by atoms with Crippen molar-refractivity contribution in [2.24, 2.45) is 0 Å². The van der Waals surface area contributed by atoms with E-state index in [0.29, 0.717) is 16.5 Å². The molecule has 0 fully saturated rings. The molecule has 0 aliphatic carbocycles. The molecule has 9 heteroatoms. The van der Waals surface area contributed by atoms with Crippen molar-refractivity contribution in [3.05, 3.63) is 77.1 Å². The maximum Gasteiger partial charge on any atom is 0.416 e. The second kappa shape index (κ2) is 7.71. The van der Waals surface area contributed by atoms with E-state index in [2.05, 4.69) is 10.4 Å². The zero-order valence-electron chi connectivity index (χ0n) is 13.7. The number of nitrogens with zero attached hydrogens (tertiary/aromatic N) is 2. The maximum absolute atomic E-state index is 12.7. The SMILES string of the molecule is O=C(Nc1cnn(COc2cccc(Cl)c2)c1)c1cccc(C(F)(F)F)c1. The third-order valence-electron chi connectivity index (χ3n) is 3.50. The summed E-state index contributed by atoms with van der Waals surface area (Å²) in [7, 11) is 0. The highest BCUT2D eigenvalue weighted by Gasteiger charge is 2.30. The van der Waals surface area contributed by atoms with E-state index in [4.69, 9.17) is 16.3 Å². The Morgan fingerprint density at radius 2 is 1.96 bits per heavy atom. The number of ether oxygens (including phenoxy) is 1. The van der Waals surface area contributed by atoms with Crippen LogP contribution in [0.15, 0.2) is 60.9 Å². The van der Waals surface area contributed by atoms with Crippen LogP contribution in [-0.4, -0.2) is 15.7 Å². The van der Waals surface area contributed by atoms with E-state index in [1.54, 1.807) is 24.3 Å². The van der Waals surface area contributed by atoms with Gasteiger partial charge in [0.25, 0.3) is 5.91 Å². The first-order chi connectivity index (χ1) is 12.8. The van der Waals surface area contributed by atoms with Gasteiger partial charge in [-0.3, -0.25) is 4.79 Å². The van der Waals surface area contributed by atoms with E-state index in [-0.39, 0.29) is 12.3 Å². The van der Waals surface area contributed by atoms with Crippen LogP contribution in [0.1, 0.15) is 15.9 Å². The van der Waals surface area contributed by atoms with E-state index in [0.717, 1.165) is 12.1 Å². The minimum absolute atomic E-state index is 0.0692. The highest BCUT2D eigenvalue weighted by atomic mass is 35.5. The van der Waals surface area contributed by atoms with Gasteiger partial charge in [-0.1, -0.05) is 23.7 Å². The number of amides is 1. The van der Waals surface area contributed by atoms with Crippen molar-refractivity contribution < 1.29 is 22.7 Å². The van der Waals surface area contributed by atoms with Gasteiger partial charge in [0.15, 0.2) is 6.73 Å². The number of rotatable bonds is 5. The molecule has 1 amide bonds. The Morgan fingerprint density at radius 1 is 1.19 bits per heavy atom. The molecule has 27 heavy (non-hydrogen) atoms. The van der Waals surface area contributed by atoms with Crippen molar-refractivity contribution in [3.8, 4) is 5.75 Å². The molecule has 3 aromatic rings. The van der Waals surface area contributed by atoms with Gasteiger partial charge >= 0.3 is 6.18 Å². The predicted molar refractivity (Wildman–Crippen MR) is 93.7 cm³/mol. The number of halogens is 4. The summed E-state index contributed by atoms with van der Waals surface area (Å²) in [6, 6.07) is 11.0. The zero-order chi connectivity index (χ0) is 19.4. The number of hydrogen-bond donors (Lipinski definition) is 1. The van der Waals surface area contributed by atoms with Crippen LogP contribution >= 0.6 is 11.6 Å². The quantitative estimate of drug-likeness (QED) is 0.672. The van der Waals surface area contributed by atoms with Gasteiger partial charge in [-0.05, 0) is 36.4 Å². The first kappa shape index (κ1) is 18.8. The first-order valence-electron chi connectivity index (χ1n) is 7.71. The molecule has 0 bridgehead atoms. The van der Waals surface area contributed by atoms with Crippen molar-refractivity contribution >= 4 is 23.2 Å². The molecule has 140 valence electrons. The molecular formula is C18H13ClF3N3O2. The van der Waals surface area contributed by atoms with Gasteiger partial charge in [0, 0.05) is 10.6 Å². The summed E-state index contributed by atoms with van der Waals surface area (Å²) in [5.74, 6) is -0.121. The molecule has 0 radical (unpaired) electrons. The molecular weight excluding hydrogens is 383 g/mol. The number of carbonyl (C=O) groups is 1. The molecule has 1 heterocycles. The molecule has 0 aliphatic rings. The lowest BCUT2D eigenvalue weighted by atomic mass is 10.1. The van der Waals surface area contributed by atoms with Crippen LogP contribution < -0.4 is 10.1 Å². The second-order valence-corrected chi connectivity index (χ2v) is 5.97. The fourth-order valence-electron chi connectivity index (χ4n) is 2.24. The van der Waals surface area contributed by atoms with E-state index < -0.39 is 17.6 Å². The smallest absolute Gasteiger partial charge is 0.416 e. The third-order valence-corrected chi connectivity index (χ3v) is 3.74. The fourth-order valence-corrected chi connectivity index (χ4v) is 2.42. The number of aromatic nitrogens is 2. The number of anilines is 1. The van der Waals surface area contributed by atoms with Crippen LogP contribution in [0.4, 0.5) is 18.9 Å². The van der Waals surface area contributed by atoms with Crippen molar-refractivity contribution in [2.45, 2.75) is 12.9 Å². The Morgan fingerprint density at radius 3 is 2.70 bits per heavy atom. The highest BCUT2D eigenvalue weighted by Crippen LogP contribution is 2.29. The lowest BCUT2D eigenvalue weighted by Crippen LogP contribution is -2.13. The van der Waals surface area contributed by atoms with E-state index in [1.165, 1.54) is 29.2 Å². The van der Waals surface area contributed by atoms with Gasteiger partial charge in [0.1, 0.15) is 5.75 Å². The largest absolute Gasteiger partial charge is 0.471 e. The molecule has 0 atom stereocenters. The van der Waals surface area contributed by atoms with Gasteiger partial charge < -0.3 is 10.1 Å². The summed E-state index contributed by atoms with van der Waals surface area (Å²) in [5.41, 5.74) is -0.666. The van der Waals surface area contributed by atoms with Crippen LogP contribution in [0.3, 0.4) is 0 Å². The summed E-state index contributed by atoms with van der Waals surface area (Å²) in [4.78, 5) is 12.2. The Labute approximate surface area is 157 Å². The average Bonchev–Trinajstić information content (AvgIpc) is 3.07. The molecule has 0 spiro atoms. The Bertz CT molecular complexity index is 957. The normalized spacial score (nSPS) is 11.3. The maximum atomic E-state index is 12.7. The van der Waals surface area contributed by atoms with Gasteiger partial charge in [0.05, 0.1) is 23.6 Å². The van der Waals surface area contributed by atoms with Gasteiger partial charge in [-0.25, -0.2) is 4.68 Å². The summed E-state index contributed by atoms with van der Waals surface area (Å²) < 4.78 is 45.2. The van der Waals surface area contributed by atoms with Gasteiger partial charge in [0.2, 0.25) is 0 Å². The van der Waals surface area contributed by atoms with Gasteiger partial charge in [-0.2, -0.15) is 18.3 Å². The first-order valence-corrected chi connectivity index (χ1v) is 8.08. The number of benzene rings is 2. The molecule has 3 rings (SSSR count). The summed E-state index contributed by atoms with van der Waals surface area (Å²) in [5, 5.41) is 7.05. The van der Waals surface area contributed by atoms with Crippen molar-refractivity contribution in [3.63, 3.8) is 0 Å². The Hall–Kier alpha value is -3.00. The lowest BCUT2D eigenvalue weighted by Gasteiger charge is -2.08. The van der Waals surface area contributed by atoms with Crippen LogP contribution in [-0.2, 0) is 12.9 Å². The average molecular weight is 396 g/mol. The molecule has 0 unspecified atom stereocenters. The zero-order valence-corrected chi connectivity index (χ0v) is 14.5. The van der Waals surface area contributed by atoms with E-state index in [1.807, 2.05) is 0 Å². The topological polar surface area (TPSA) is 56.2 Å². The number of carbonyl (C=O) groups excluding carboxylic acids is 1. The Balaban J connectivity index is 1.63. The predicted octanol–water partition coefficient (Wildman–Crippen LogP) is 4.84. The van der Waals surface area contributed by atoms with Crippen LogP contribution in [0.5, 0.6) is 5.75 Å². The summed E-state index contributed by atoms with van der Waals surface area (Å²) >= 11 is 5.87. The van der Waals surface area contributed by atoms with Crippen molar-refractivity contribution in [1.29, 1.82) is 0 Å². The molecule has 0 aliphatic heterocycles. The highest BCUT2D eigenvalue weighted by molar-refractivity contribution is 6.30.